The molecule has 2 fully saturated rings. The Balaban J connectivity index is 1.10. The third-order valence-electron chi connectivity index (χ3n) is 8.86. The molecule has 218 valence electrons. The van der Waals surface area contributed by atoms with Crippen LogP contribution >= 0.6 is 0 Å². The van der Waals surface area contributed by atoms with E-state index in [2.05, 4.69) is 27.7 Å². The zero-order valence-corrected chi connectivity index (χ0v) is 23.4. The summed E-state index contributed by atoms with van der Waals surface area (Å²) in [5.74, 6) is -1.76. The standard InChI is InChI=1S/C33H35N3O6/c37-29(34-32(30(38)39)14-17-36(18-15-32)20-23-8-2-1-3-9-23)33(16-19-41-22-33)35-31(40)42-21-28-26-12-6-4-10-24(26)25-11-5-7-13-27(25)28/h1-13,28H,14-22H2,(H,34,37)(H,35,40)(H,38,39). The zero-order chi connectivity index (χ0) is 29.2. The molecule has 1 aliphatic carbocycles. The van der Waals surface area contributed by atoms with Gasteiger partial charge in [-0.25, -0.2) is 9.59 Å². The van der Waals surface area contributed by atoms with Gasteiger partial charge < -0.3 is 25.2 Å². The molecule has 3 N–H and O–H groups in total. The minimum Gasteiger partial charge on any atom is -0.480 e. The van der Waals surface area contributed by atoms with Gasteiger partial charge in [-0.3, -0.25) is 9.69 Å². The van der Waals surface area contributed by atoms with Crippen LogP contribution in [-0.2, 0) is 25.6 Å². The van der Waals surface area contributed by atoms with E-state index in [4.69, 9.17) is 9.47 Å². The first kappa shape index (κ1) is 27.9. The first-order valence-electron chi connectivity index (χ1n) is 14.4. The zero-order valence-electron chi connectivity index (χ0n) is 23.4. The van der Waals surface area contributed by atoms with Gasteiger partial charge in [0.2, 0.25) is 5.91 Å². The summed E-state index contributed by atoms with van der Waals surface area (Å²) >= 11 is 0. The normalized spacial score (nSPS) is 21.2. The molecule has 6 rings (SSSR count). The molecule has 0 aromatic heterocycles. The number of rotatable bonds is 8. The van der Waals surface area contributed by atoms with E-state index in [9.17, 15) is 19.5 Å². The number of carboxylic acid groups (broad SMARTS) is 1. The number of carbonyl (C=O) groups is 3. The van der Waals surface area contributed by atoms with Gasteiger partial charge in [-0.15, -0.1) is 0 Å². The minimum atomic E-state index is -1.43. The topological polar surface area (TPSA) is 117 Å². The van der Waals surface area contributed by atoms with Crippen molar-refractivity contribution in [2.45, 2.75) is 42.8 Å². The first-order chi connectivity index (χ1) is 20.4. The van der Waals surface area contributed by atoms with Crippen molar-refractivity contribution >= 4 is 18.0 Å². The summed E-state index contributed by atoms with van der Waals surface area (Å²) in [5, 5.41) is 15.8. The van der Waals surface area contributed by atoms with Crippen molar-refractivity contribution in [3.05, 3.63) is 95.6 Å². The Kier molecular flexibility index (Phi) is 7.70. The van der Waals surface area contributed by atoms with Crippen LogP contribution < -0.4 is 10.6 Å². The van der Waals surface area contributed by atoms with Crippen molar-refractivity contribution in [1.82, 2.24) is 15.5 Å². The number of benzene rings is 3. The highest BCUT2D eigenvalue weighted by Gasteiger charge is 2.50. The van der Waals surface area contributed by atoms with E-state index in [1.165, 1.54) is 0 Å². The summed E-state index contributed by atoms with van der Waals surface area (Å²) in [6.07, 6.45) is -0.00989. The maximum atomic E-state index is 13.7. The second kappa shape index (κ2) is 11.6. The quantitative estimate of drug-likeness (QED) is 0.377. The van der Waals surface area contributed by atoms with Gasteiger partial charge in [-0.1, -0.05) is 78.9 Å². The van der Waals surface area contributed by atoms with E-state index in [1.54, 1.807) is 0 Å². The molecule has 0 saturated carbocycles. The lowest BCUT2D eigenvalue weighted by Crippen LogP contribution is -2.67. The third-order valence-corrected chi connectivity index (χ3v) is 8.86. The Bertz CT molecular complexity index is 1420. The molecule has 0 spiro atoms. The molecule has 1 unspecified atom stereocenters. The predicted molar refractivity (Wildman–Crippen MR) is 156 cm³/mol. The number of amides is 2. The molecule has 3 aromatic rings. The van der Waals surface area contributed by atoms with Crippen molar-refractivity contribution in [2.24, 2.45) is 0 Å². The lowest BCUT2D eigenvalue weighted by molar-refractivity contribution is -0.151. The number of hydrogen-bond donors (Lipinski definition) is 3. The van der Waals surface area contributed by atoms with Crippen LogP contribution in [0.5, 0.6) is 0 Å². The van der Waals surface area contributed by atoms with Gasteiger partial charge in [0, 0.05) is 38.6 Å². The molecular weight excluding hydrogens is 534 g/mol. The fourth-order valence-electron chi connectivity index (χ4n) is 6.39. The van der Waals surface area contributed by atoms with Crippen LogP contribution in [0.25, 0.3) is 11.1 Å². The van der Waals surface area contributed by atoms with Crippen molar-refractivity contribution in [1.29, 1.82) is 0 Å². The molecule has 2 aliphatic heterocycles. The van der Waals surface area contributed by atoms with Crippen LogP contribution in [0.2, 0.25) is 0 Å². The number of alkyl carbamates (subject to hydrolysis) is 1. The van der Waals surface area contributed by atoms with Gasteiger partial charge in [0.25, 0.3) is 0 Å². The Hall–Kier alpha value is -4.21. The SMILES string of the molecule is O=C(NC1(C(=O)NC2(C(=O)O)CCN(Cc3ccccc3)CC2)CCOC1)OCC1c2ccccc2-c2ccccc21. The van der Waals surface area contributed by atoms with E-state index >= 15 is 0 Å². The fourth-order valence-corrected chi connectivity index (χ4v) is 6.39. The molecule has 2 amide bonds. The molecule has 42 heavy (non-hydrogen) atoms. The monoisotopic (exact) mass is 569 g/mol. The predicted octanol–water partition coefficient (Wildman–Crippen LogP) is 3.92. The third kappa shape index (κ3) is 5.37. The summed E-state index contributed by atoms with van der Waals surface area (Å²) in [7, 11) is 0. The summed E-state index contributed by atoms with van der Waals surface area (Å²) < 4.78 is 11.2. The Labute approximate surface area is 244 Å². The molecule has 1 atom stereocenters. The van der Waals surface area contributed by atoms with Crippen LogP contribution in [0.15, 0.2) is 78.9 Å². The lowest BCUT2D eigenvalue weighted by atomic mass is 9.85. The van der Waals surface area contributed by atoms with Crippen molar-refractivity contribution in [2.75, 3.05) is 32.9 Å². The minimum absolute atomic E-state index is 0.0567. The number of likely N-dealkylation sites (tertiary alicyclic amines) is 1. The summed E-state index contributed by atoms with van der Waals surface area (Å²) in [5.41, 5.74) is 2.73. The van der Waals surface area contributed by atoms with Crippen LogP contribution in [0.3, 0.4) is 0 Å². The summed E-state index contributed by atoms with van der Waals surface area (Å²) in [4.78, 5) is 41.5. The van der Waals surface area contributed by atoms with Gasteiger partial charge >= 0.3 is 12.1 Å². The molecule has 3 aliphatic rings. The highest BCUT2D eigenvalue weighted by atomic mass is 16.6. The van der Waals surface area contributed by atoms with Gasteiger partial charge in [0.15, 0.2) is 0 Å². The summed E-state index contributed by atoms with van der Waals surface area (Å²) in [6.45, 7) is 2.07. The van der Waals surface area contributed by atoms with Crippen LogP contribution in [0.1, 0.15) is 41.9 Å². The van der Waals surface area contributed by atoms with E-state index in [0.29, 0.717) is 19.6 Å². The Morgan fingerprint density at radius 1 is 0.833 bits per heavy atom. The molecule has 3 aromatic carbocycles. The maximum absolute atomic E-state index is 13.7. The van der Waals surface area contributed by atoms with Crippen LogP contribution in [-0.4, -0.2) is 72.0 Å². The van der Waals surface area contributed by atoms with E-state index < -0.39 is 29.0 Å². The second-order valence-electron chi connectivity index (χ2n) is 11.4. The largest absolute Gasteiger partial charge is 0.480 e. The molecule has 0 bridgehead atoms. The van der Waals surface area contributed by atoms with Gasteiger partial charge in [0.05, 0.1) is 6.61 Å². The number of nitrogens with zero attached hydrogens (tertiary/aromatic N) is 1. The van der Waals surface area contributed by atoms with E-state index in [-0.39, 0.29) is 45.0 Å². The van der Waals surface area contributed by atoms with Crippen LogP contribution in [0.4, 0.5) is 4.79 Å². The van der Waals surface area contributed by atoms with Crippen molar-refractivity contribution in [3.63, 3.8) is 0 Å². The number of aliphatic carboxylic acids is 1. The Morgan fingerprint density at radius 2 is 1.45 bits per heavy atom. The number of fused-ring (bicyclic) bond motifs is 3. The number of hydrogen-bond acceptors (Lipinski definition) is 6. The highest BCUT2D eigenvalue weighted by molar-refractivity contribution is 5.95. The van der Waals surface area contributed by atoms with E-state index in [0.717, 1.165) is 27.8 Å². The average molecular weight is 570 g/mol. The number of ether oxygens (including phenoxy) is 2. The molecule has 9 heteroatoms. The fraction of sp³-hybridized carbons (Fsp3) is 0.364. The maximum Gasteiger partial charge on any atom is 0.408 e. The second-order valence-corrected chi connectivity index (χ2v) is 11.4. The van der Waals surface area contributed by atoms with Gasteiger partial charge in [-0.2, -0.15) is 0 Å². The molecule has 9 nitrogen and oxygen atoms in total. The van der Waals surface area contributed by atoms with Crippen molar-refractivity contribution in [3.8, 4) is 11.1 Å². The van der Waals surface area contributed by atoms with Crippen molar-refractivity contribution < 1.29 is 29.0 Å². The molecule has 2 heterocycles. The smallest absolute Gasteiger partial charge is 0.408 e. The molecule has 0 radical (unpaired) electrons. The number of carboxylic acids is 1. The van der Waals surface area contributed by atoms with Gasteiger partial charge in [0.1, 0.15) is 17.7 Å². The van der Waals surface area contributed by atoms with Gasteiger partial charge in [-0.05, 0) is 40.7 Å². The first-order valence-corrected chi connectivity index (χ1v) is 14.4. The Morgan fingerprint density at radius 3 is 2.05 bits per heavy atom. The molecular formula is C33H35N3O6. The highest BCUT2D eigenvalue weighted by Crippen LogP contribution is 2.44. The number of carbonyl (C=O) groups excluding carboxylic acids is 2. The average Bonchev–Trinajstić information content (AvgIpc) is 3.61. The van der Waals surface area contributed by atoms with E-state index in [1.807, 2.05) is 66.7 Å². The van der Waals surface area contributed by atoms with Crippen LogP contribution in [0, 0.1) is 0 Å². The molecule has 2 saturated heterocycles. The summed E-state index contributed by atoms with van der Waals surface area (Å²) in [6, 6.07) is 26.1. The number of piperidine rings is 1. The number of nitrogens with one attached hydrogen (secondary N) is 2. The lowest BCUT2D eigenvalue weighted by Gasteiger charge is -2.41.